The molecule has 222 valence electrons. The first-order valence-corrected chi connectivity index (χ1v) is 13.6. The number of carbonyl (C=O) groups excluding carboxylic acids is 2. The molecule has 1 aliphatic heterocycles. The predicted octanol–water partition coefficient (Wildman–Crippen LogP) is 3.79. The molecule has 0 saturated heterocycles. The van der Waals surface area contributed by atoms with E-state index in [0.29, 0.717) is 33.5 Å². The first-order valence-electron chi connectivity index (χ1n) is 13.6. The Morgan fingerprint density at radius 3 is 2.55 bits per heavy atom. The maximum Gasteiger partial charge on any atom is 0.321 e. The molecule has 0 fully saturated rings. The Bertz CT molecular complexity index is 1900. The number of halogens is 1. The maximum absolute atomic E-state index is 13.7. The third-order valence-electron chi connectivity index (χ3n) is 7.55. The van der Waals surface area contributed by atoms with Crippen LogP contribution in [0.4, 0.5) is 4.39 Å². The molecule has 2 amide bonds. The number of aliphatic hydroxyl groups is 1. The van der Waals surface area contributed by atoms with E-state index >= 15 is 0 Å². The summed E-state index contributed by atoms with van der Waals surface area (Å²) in [5, 5.41) is 15.0. The number of amides is 2. The molecule has 6 rings (SSSR count). The topological polar surface area (TPSA) is 162 Å². The number of rotatable bonds is 8. The van der Waals surface area contributed by atoms with Crippen molar-refractivity contribution < 1.29 is 28.6 Å². The van der Waals surface area contributed by atoms with Crippen LogP contribution in [0.1, 0.15) is 35.5 Å². The van der Waals surface area contributed by atoms with E-state index in [0.717, 1.165) is 0 Å². The first kappa shape index (κ1) is 28.6. The lowest BCUT2D eigenvalue weighted by Crippen LogP contribution is -2.41. The molecule has 0 bridgehead atoms. The number of primary amides is 1. The SMILES string of the molecule is C[C@](O)(CNC(=O)c1cc(Oc2ncccn2)c2ncccc2c1)c1cc2c(c(-c3ccc(F)cc3)n1)OC[C@]2(C)C(N)=O. The van der Waals surface area contributed by atoms with Gasteiger partial charge in [-0.3, -0.25) is 14.6 Å². The minimum Gasteiger partial charge on any atom is -0.489 e. The molecule has 4 heterocycles. The van der Waals surface area contributed by atoms with Gasteiger partial charge in [-0.15, -0.1) is 0 Å². The molecule has 1 aliphatic rings. The van der Waals surface area contributed by atoms with Gasteiger partial charge in [0.25, 0.3) is 5.91 Å². The molecule has 44 heavy (non-hydrogen) atoms. The highest BCUT2D eigenvalue weighted by Crippen LogP contribution is 2.45. The highest BCUT2D eigenvalue weighted by molar-refractivity contribution is 6.00. The molecule has 0 aliphatic carbocycles. The van der Waals surface area contributed by atoms with Crippen molar-refractivity contribution >= 4 is 22.7 Å². The van der Waals surface area contributed by atoms with Gasteiger partial charge in [0.1, 0.15) is 40.4 Å². The molecule has 11 nitrogen and oxygen atoms in total. The van der Waals surface area contributed by atoms with Gasteiger partial charge >= 0.3 is 6.01 Å². The number of nitrogens with zero attached hydrogens (tertiary/aromatic N) is 4. The number of benzene rings is 2. The summed E-state index contributed by atoms with van der Waals surface area (Å²) in [6, 6.07) is 15.6. The molecule has 0 spiro atoms. The van der Waals surface area contributed by atoms with Crippen molar-refractivity contribution in [1.29, 1.82) is 0 Å². The van der Waals surface area contributed by atoms with Crippen LogP contribution in [0.25, 0.3) is 22.2 Å². The predicted molar refractivity (Wildman–Crippen MR) is 157 cm³/mol. The average Bonchev–Trinajstić information content (AvgIpc) is 3.38. The Hall–Kier alpha value is -5.49. The van der Waals surface area contributed by atoms with Crippen molar-refractivity contribution in [2.45, 2.75) is 24.9 Å². The number of hydrogen-bond acceptors (Lipinski definition) is 9. The van der Waals surface area contributed by atoms with Crippen LogP contribution in [-0.4, -0.2) is 50.0 Å². The van der Waals surface area contributed by atoms with Gasteiger partial charge in [-0.25, -0.2) is 19.3 Å². The number of carbonyl (C=O) groups is 2. The zero-order valence-electron chi connectivity index (χ0n) is 23.7. The normalized spacial score (nSPS) is 16.9. The van der Waals surface area contributed by atoms with E-state index in [1.165, 1.54) is 49.6 Å². The second-order valence-electron chi connectivity index (χ2n) is 10.9. The second-order valence-corrected chi connectivity index (χ2v) is 10.9. The molecule has 4 N–H and O–H groups in total. The number of hydrogen-bond donors (Lipinski definition) is 3. The zero-order chi connectivity index (χ0) is 31.1. The van der Waals surface area contributed by atoms with Gasteiger partial charge in [0.05, 0.1) is 12.2 Å². The van der Waals surface area contributed by atoms with E-state index in [1.807, 2.05) is 0 Å². The summed E-state index contributed by atoms with van der Waals surface area (Å²) >= 11 is 0. The highest BCUT2D eigenvalue weighted by Gasteiger charge is 2.45. The molecule has 0 saturated carbocycles. The van der Waals surface area contributed by atoms with E-state index in [1.54, 1.807) is 43.5 Å². The van der Waals surface area contributed by atoms with Crippen LogP contribution in [0, 0.1) is 5.82 Å². The molecule has 12 heteroatoms. The largest absolute Gasteiger partial charge is 0.489 e. The van der Waals surface area contributed by atoms with Gasteiger partial charge in [-0.2, -0.15) is 0 Å². The summed E-state index contributed by atoms with van der Waals surface area (Å²) < 4.78 is 25.4. The summed E-state index contributed by atoms with van der Waals surface area (Å²) in [5.41, 5.74) is 5.01. The fourth-order valence-electron chi connectivity index (χ4n) is 4.92. The van der Waals surface area contributed by atoms with Gasteiger partial charge in [0.15, 0.2) is 5.75 Å². The number of nitrogens with two attached hydrogens (primary N) is 1. The van der Waals surface area contributed by atoms with Crippen molar-refractivity contribution in [2.24, 2.45) is 5.73 Å². The Morgan fingerprint density at radius 2 is 1.82 bits per heavy atom. The van der Waals surface area contributed by atoms with Crippen LogP contribution in [-0.2, 0) is 15.8 Å². The van der Waals surface area contributed by atoms with Crippen molar-refractivity contribution in [3.63, 3.8) is 0 Å². The van der Waals surface area contributed by atoms with Crippen molar-refractivity contribution in [3.05, 3.63) is 102 Å². The molecule has 5 aromatic rings. The molecule has 3 aromatic heterocycles. The molecular weight excluding hydrogens is 567 g/mol. The third kappa shape index (κ3) is 5.26. The minimum atomic E-state index is -1.71. The van der Waals surface area contributed by atoms with E-state index in [2.05, 4.69) is 25.3 Å². The number of nitrogens with one attached hydrogen (secondary N) is 1. The Kier molecular flexibility index (Phi) is 7.14. The summed E-state index contributed by atoms with van der Waals surface area (Å²) in [6.45, 7) is 2.85. The Balaban J connectivity index is 1.32. The van der Waals surface area contributed by atoms with Crippen LogP contribution in [0.2, 0.25) is 0 Å². The van der Waals surface area contributed by atoms with Crippen LogP contribution in [0.15, 0.2) is 79.3 Å². The van der Waals surface area contributed by atoms with Gasteiger partial charge in [-0.05, 0) is 68.4 Å². The first-order chi connectivity index (χ1) is 21.0. The second kappa shape index (κ2) is 11.0. The lowest BCUT2D eigenvalue weighted by atomic mass is 9.82. The van der Waals surface area contributed by atoms with Crippen LogP contribution in [0.3, 0.4) is 0 Å². The average molecular weight is 595 g/mol. The highest BCUT2D eigenvalue weighted by atomic mass is 19.1. The molecule has 2 aromatic carbocycles. The van der Waals surface area contributed by atoms with Crippen LogP contribution < -0.4 is 20.5 Å². The van der Waals surface area contributed by atoms with E-state index < -0.39 is 28.6 Å². The Morgan fingerprint density at radius 1 is 1.09 bits per heavy atom. The van der Waals surface area contributed by atoms with Crippen molar-refractivity contribution in [2.75, 3.05) is 13.2 Å². The van der Waals surface area contributed by atoms with Crippen LogP contribution >= 0.6 is 0 Å². The van der Waals surface area contributed by atoms with Gasteiger partial charge in [0.2, 0.25) is 5.91 Å². The summed E-state index contributed by atoms with van der Waals surface area (Å²) in [5.74, 6) is -0.952. The molecular formula is C32H27FN6O5. The standard InChI is InChI=1S/C32H27FN6O5/c1-31(29(34)41)17-43-27-22(31)15-24(39-26(27)18-6-8-21(33)9-7-18)32(2,42)16-38-28(40)20-13-19-5-3-10-35-25(19)23(14-20)44-30-36-11-4-12-37-30/h3-15,42H,16-17H2,1-2H3,(H2,34,41)(H,38,40)/t31-,32-/m0/s1. The lowest BCUT2D eigenvalue weighted by Gasteiger charge is -2.26. The quantitative estimate of drug-likeness (QED) is 0.243. The third-order valence-corrected chi connectivity index (χ3v) is 7.55. The zero-order valence-corrected chi connectivity index (χ0v) is 23.7. The summed E-state index contributed by atoms with van der Waals surface area (Å²) in [7, 11) is 0. The summed E-state index contributed by atoms with van der Waals surface area (Å²) in [6.07, 6.45) is 4.67. The van der Waals surface area contributed by atoms with E-state index in [4.69, 9.17) is 15.2 Å². The molecule has 0 radical (unpaired) electrons. The Labute approximate surface area is 250 Å². The van der Waals surface area contributed by atoms with E-state index in [9.17, 15) is 19.1 Å². The smallest absolute Gasteiger partial charge is 0.321 e. The van der Waals surface area contributed by atoms with E-state index in [-0.39, 0.29) is 36.2 Å². The number of ether oxygens (including phenoxy) is 2. The fraction of sp³-hybridized carbons (Fsp3) is 0.188. The van der Waals surface area contributed by atoms with Crippen molar-refractivity contribution in [3.8, 4) is 28.8 Å². The van der Waals surface area contributed by atoms with Gasteiger partial charge < -0.3 is 25.6 Å². The van der Waals surface area contributed by atoms with Crippen LogP contribution in [0.5, 0.6) is 17.5 Å². The lowest BCUT2D eigenvalue weighted by molar-refractivity contribution is -0.123. The minimum absolute atomic E-state index is 0.0227. The maximum atomic E-state index is 13.7. The van der Waals surface area contributed by atoms with Crippen molar-refractivity contribution in [1.82, 2.24) is 25.3 Å². The number of fused-ring (bicyclic) bond motifs is 2. The monoisotopic (exact) mass is 594 g/mol. The molecule has 2 atom stereocenters. The number of aromatic nitrogens is 4. The van der Waals surface area contributed by atoms with Gasteiger partial charge in [-0.1, -0.05) is 6.07 Å². The number of pyridine rings is 2. The molecule has 0 unspecified atom stereocenters. The fourth-order valence-corrected chi connectivity index (χ4v) is 4.92. The van der Waals surface area contributed by atoms with Gasteiger partial charge in [0, 0.05) is 40.7 Å². The summed E-state index contributed by atoms with van der Waals surface area (Å²) in [4.78, 5) is 43.1.